The first-order chi connectivity index (χ1) is 9.33. The number of rotatable bonds is 6. The molecule has 0 saturated carbocycles. The number of hydrogen-bond acceptors (Lipinski definition) is 3. The second-order valence-electron chi connectivity index (χ2n) is 5.41. The van der Waals surface area contributed by atoms with Crippen LogP contribution in [0.3, 0.4) is 0 Å². The first-order valence-electron chi connectivity index (χ1n) is 6.66. The molecule has 0 bridgehead atoms. The Bertz CT molecular complexity index is 454. The molecule has 0 unspecified atom stereocenters. The molecule has 1 atom stereocenters. The minimum absolute atomic E-state index is 0.102. The molecule has 20 heavy (non-hydrogen) atoms. The van der Waals surface area contributed by atoms with Gasteiger partial charge in [0, 0.05) is 6.42 Å². The number of carbonyl (C=O) groups is 1. The van der Waals surface area contributed by atoms with E-state index in [2.05, 4.69) is 24.1 Å². The molecule has 1 aromatic rings. The number of aromatic nitrogens is 1. The summed E-state index contributed by atoms with van der Waals surface area (Å²) in [6, 6.07) is 1.66. The highest BCUT2D eigenvalue weighted by molar-refractivity contribution is 6.34. The van der Waals surface area contributed by atoms with Crippen LogP contribution >= 0.6 is 23.2 Å². The summed E-state index contributed by atoms with van der Waals surface area (Å²) in [6.07, 6.45) is 1.31. The van der Waals surface area contributed by atoms with E-state index in [0.717, 1.165) is 12.0 Å². The van der Waals surface area contributed by atoms with Crippen molar-refractivity contribution in [2.75, 3.05) is 11.9 Å². The SMILES string of the molecule is Cc1cc(Cl)nc(Cl)c1NC(=O)C[C@@H](CN)CC(C)C. The number of hydrogen-bond donors (Lipinski definition) is 2. The summed E-state index contributed by atoms with van der Waals surface area (Å²) in [5.41, 5.74) is 7.01. The molecule has 1 heterocycles. The highest BCUT2D eigenvalue weighted by Gasteiger charge is 2.16. The van der Waals surface area contributed by atoms with Crippen molar-refractivity contribution < 1.29 is 4.79 Å². The molecule has 0 fully saturated rings. The van der Waals surface area contributed by atoms with E-state index in [9.17, 15) is 4.79 Å². The molecule has 0 aliphatic carbocycles. The molecule has 6 heteroatoms. The number of nitrogens with one attached hydrogen (secondary N) is 1. The van der Waals surface area contributed by atoms with Crippen LogP contribution in [-0.4, -0.2) is 17.4 Å². The maximum absolute atomic E-state index is 12.1. The third kappa shape index (κ3) is 5.27. The molecular weight excluding hydrogens is 297 g/mol. The third-order valence-electron chi connectivity index (χ3n) is 3.02. The number of halogens is 2. The number of nitrogens with two attached hydrogens (primary N) is 1. The summed E-state index contributed by atoms with van der Waals surface area (Å²) in [5.74, 6) is 0.587. The van der Waals surface area contributed by atoms with E-state index in [1.54, 1.807) is 6.07 Å². The second kappa shape index (κ2) is 7.81. The standard InChI is InChI=1S/C14H21Cl2N3O/c1-8(2)4-10(7-17)6-12(20)19-13-9(3)5-11(15)18-14(13)16/h5,8,10H,4,6-7,17H2,1-3H3,(H,19,20)/t10-/m0/s1. The maximum atomic E-state index is 12.1. The Balaban J connectivity index is 2.71. The van der Waals surface area contributed by atoms with Gasteiger partial charge in [0.25, 0.3) is 0 Å². The average Bonchev–Trinajstić information content (AvgIpc) is 2.32. The normalized spacial score (nSPS) is 12.6. The Labute approximate surface area is 130 Å². The van der Waals surface area contributed by atoms with Gasteiger partial charge >= 0.3 is 0 Å². The zero-order valence-electron chi connectivity index (χ0n) is 12.0. The molecule has 1 aromatic heterocycles. The van der Waals surface area contributed by atoms with Crippen LogP contribution < -0.4 is 11.1 Å². The first kappa shape index (κ1) is 17.2. The zero-order chi connectivity index (χ0) is 15.3. The molecule has 0 aromatic carbocycles. The van der Waals surface area contributed by atoms with E-state index < -0.39 is 0 Å². The van der Waals surface area contributed by atoms with Gasteiger partial charge in [-0.05, 0) is 43.4 Å². The van der Waals surface area contributed by atoms with E-state index in [1.807, 2.05) is 6.92 Å². The fraction of sp³-hybridized carbons (Fsp3) is 0.571. The quantitative estimate of drug-likeness (QED) is 0.787. The van der Waals surface area contributed by atoms with Gasteiger partial charge in [-0.1, -0.05) is 37.0 Å². The van der Waals surface area contributed by atoms with Crippen LogP contribution in [-0.2, 0) is 4.79 Å². The molecule has 0 spiro atoms. The lowest BCUT2D eigenvalue weighted by atomic mass is 9.94. The van der Waals surface area contributed by atoms with Crippen molar-refractivity contribution in [3.8, 4) is 0 Å². The van der Waals surface area contributed by atoms with Crippen LogP contribution in [0.15, 0.2) is 6.07 Å². The summed E-state index contributed by atoms with van der Waals surface area (Å²) in [6.45, 7) is 6.55. The molecule has 0 aliphatic rings. The van der Waals surface area contributed by atoms with Gasteiger partial charge in [-0.3, -0.25) is 4.79 Å². The largest absolute Gasteiger partial charge is 0.330 e. The lowest BCUT2D eigenvalue weighted by Crippen LogP contribution is -2.24. The van der Waals surface area contributed by atoms with E-state index in [1.165, 1.54) is 0 Å². The van der Waals surface area contributed by atoms with Gasteiger partial charge in [-0.2, -0.15) is 0 Å². The van der Waals surface area contributed by atoms with Crippen LogP contribution in [0.1, 0.15) is 32.3 Å². The summed E-state index contributed by atoms with van der Waals surface area (Å²) in [7, 11) is 0. The Kier molecular flexibility index (Phi) is 6.72. The molecule has 0 aliphatic heterocycles. The van der Waals surface area contributed by atoms with Crippen LogP contribution in [0, 0.1) is 18.8 Å². The number of carbonyl (C=O) groups excluding carboxylic acids is 1. The van der Waals surface area contributed by atoms with Gasteiger partial charge in [0.1, 0.15) is 5.15 Å². The third-order valence-corrected chi connectivity index (χ3v) is 3.48. The van der Waals surface area contributed by atoms with Gasteiger partial charge < -0.3 is 11.1 Å². The molecule has 0 saturated heterocycles. The minimum Gasteiger partial charge on any atom is -0.330 e. The van der Waals surface area contributed by atoms with Gasteiger partial charge in [0.05, 0.1) is 5.69 Å². The van der Waals surface area contributed by atoms with Crippen molar-refractivity contribution in [2.24, 2.45) is 17.6 Å². The van der Waals surface area contributed by atoms with Crippen LogP contribution in [0.5, 0.6) is 0 Å². The summed E-state index contributed by atoms with van der Waals surface area (Å²) in [5, 5.41) is 3.31. The minimum atomic E-state index is -0.102. The first-order valence-corrected chi connectivity index (χ1v) is 7.41. The highest BCUT2D eigenvalue weighted by Crippen LogP contribution is 2.27. The number of nitrogens with zero attached hydrogens (tertiary/aromatic N) is 1. The van der Waals surface area contributed by atoms with Crippen LogP contribution in [0.4, 0.5) is 5.69 Å². The van der Waals surface area contributed by atoms with E-state index in [0.29, 0.717) is 29.7 Å². The topological polar surface area (TPSA) is 68.0 Å². The molecule has 3 N–H and O–H groups in total. The van der Waals surface area contributed by atoms with E-state index in [4.69, 9.17) is 28.9 Å². The number of pyridine rings is 1. The summed E-state index contributed by atoms with van der Waals surface area (Å²) >= 11 is 11.8. The Morgan fingerprint density at radius 3 is 2.60 bits per heavy atom. The van der Waals surface area contributed by atoms with Crippen molar-refractivity contribution in [2.45, 2.75) is 33.6 Å². The van der Waals surface area contributed by atoms with Crippen LogP contribution in [0.25, 0.3) is 0 Å². The Morgan fingerprint density at radius 2 is 2.10 bits per heavy atom. The maximum Gasteiger partial charge on any atom is 0.224 e. The predicted molar refractivity (Wildman–Crippen MR) is 84.2 cm³/mol. The second-order valence-corrected chi connectivity index (χ2v) is 6.16. The Hall–Kier alpha value is -0.840. The molecule has 1 amide bonds. The molecular formula is C14H21Cl2N3O. The average molecular weight is 318 g/mol. The molecule has 112 valence electrons. The lowest BCUT2D eigenvalue weighted by molar-refractivity contribution is -0.117. The fourth-order valence-electron chi connectivity index (χ4n) is 2.13. The summed E-state index contributed by atoms with van der Waals surface area (Å²) < 4.78 is 0. The lowest BCUT2D eigenvalue weighted by Gasteiger charge is -2.17. The van der Waals surface area contributed by atoms with Gasteiger partial charge in [-0.25, -0.2) is 4.98 Å². The van der Waals surface area contributed by atoms with Gasteiger partial charge in [-0.15, -0.1) is 0 Å². The number of amides is 1. The predicted octanol–water partition coefficient (Wildman–Crippen LogP) is 3.65. The van der Waals surface area contributed by atoms with Gasteiger partial charge in [0.15, 0.2) is 5.15 Å². The smallest absolute Gasteiger partial charge is 0.224 e. The molecule has 0 radical (unpaired) electrons. The summed E-state index contributed by atoms with van der Waals surface area (Å²) in [4.78, 5) is 16.0. The van der Waals surface area contributed by atoms with Crippen molar-refractivity contribution in [3.63, 3.8) is 0 Å². The van der Waals surface area contributed by atoms with Crippen molar-refractivity contribution in [1.29, 1.82) is 0 Å². The van der Waals surface area contributed by atoms with E-state index >= 15 is 0 Å². The van der Waals surface area contributed by atoms with Crippen molar-refractivity contribution in [1.82, 2.24) is 4.98 Å². The van der Waals surface area contributed by atoms with Crippen molar-refractivity contribution >= 4 is 34.8 Å². The molecule has 1 rings (SSSR count). The zero-order valence-corrected chi connectivity index (χ0v) is 13.6. The van der Waals surface area contributed by atoms with Crippen molar-refractivity contribution in [3.05, 3.63) is 21.9 Å². The Morgan fingerprint density at radius 1 is 1.45 bits per heavy atom. The van der Waals surface area contributed by atoms with Gasteiger partial charge in [0.2, 0.25) is 5.91 Å². The van der Waals surface area contributed by atoms with Crippen LogP contribution in [0.2, 0.25) is 10.3 Å². The highest BCUT2D eigenvalue weighted by atomic mass is 35.5. The fourth-order valence-corrected chi connectivity index (χ4v) is 2.71. The molecule has 4 nitrogen and oxygen atoms in total. The monoisotopic (exact) mass is 317 g/mol. The number of anilines is 1. The number of aryl methyl sites for hydroxylation is 1. The van der Waals surface area contributed by atoms with E-state index in [-0.39, 0.29) is 17.0 Å².